The molecule has 0 saturated carbocycles. The van der Waals surface area contributed by atoms with Crippen LogP contribution in [0.1, 0.15) is 28.9 Å². The highest BCUT2D eigenvalue weighted by molar-refractivity contribution is 6.30. The normalized spacial score (nSPS) is 11.0. The minimum absolute atomic E-state index is 0.0118. The van der Waals surface area contributed by atoms with Gasteiger partial charge in [-0.15, -0.1) is 0 Å². The highest BCUT2D eigenvalue weighted by Crippen LogP contribution is 2.21. The number of carbonyl (C=O) groups is 1. The maximum atomic E-state index is 12.3. The van der Waals surface area contributed by atoms with Gasteiger partial charge in [-0.05, 0) is 67.3 Å². The van der Waals surface area contributed by atoms with E-state index in [1.54, 1.807) is 12.1 Å². The number of imidazole rings is 1. The van der Waals surface area contributed by atoms with Crippen LogP contribution >= 0.6 is 11.6 Å². The number of amides is 1. The molecule has 34 heavy (non-hydrogen) atoms. The topological polar surface area (TPSA) is 56.1 Å². The Morgan fingerprint density at radius 3 is 2.68 bits per heavy atom. The summed E-state index contributed by atoms with van der Waals surface area (Å²) in [7, 11) is 0. The average Bonchev–Trinajstić information content (AvgIpc) is 3.18. The van der Waals surface area contributed by atoms with E-state index in [1.165, 1.54) is 5.56 Å². The van der Waals surface area contributed by atoms with Gasteiger partial charge in [-0.2, -0.15) is 0 Å². The zero-order chi connectivity index (χ0) is 23.9. The number of para-hydroxylation sites is 2. The van der Waals surface area contributed by atoms with Crippen molar-refractivity contribution in [2.75, 3.05) is 13.2 Å². The summed E-state index contributed by atoms with van der Waals surface area (Å²) >= 11 is 5.91. The van der Waals surface area contributed by atoms with Gasteiger partial charge in [-0.25, -0.2) is 4.98 Å². The van der Waals surface area contributed by atoms with Crippen LogP contribution in [-0.2, 0) is 24.2 Å². The van der Waals surface area contributed by atoms with E-state index in [1.807, 2.05) is 30.3 Å². The first-order chi connectivity index (χ1) is 16.5. The van der Waals surface area contributed by atoms with Gasteiger partial charge in [-0.1, -0.05) is 48.0 Å². The molecule has 4 aromatic rings. The number of aromatic nitrogens is 2. The Balaban J connectivity index is 1.33. The number of rotatable bonds is 10. The zero-order valence-electron chi connectivity index (χ0n) is 19.7. The van der Waals surface area contributed by atoms with Crippen LogP contribution < -0.4 is 10.1 Å². The van der Waals surface area contributed by atoms with Crippen molar-refractivity contribution < 1.29 is 9.53 Å². The zero-order valence-corrected chi connectivity index (χ0v) is 20.4. The molecule has 176 valence electrons. The van der Waals surface area contributed by atoms with Gasteiger partial charge < -0.3 is 14.6 Å². The first-order valence-corrected chi connectivity index (χ1v) is 12.0. The summed E-state index contributed by atoms with van der Waals surface area (Å²) in [5, 5.41) is 3.68. The number of nitrogens with one attached hydrogen (secondary N) is 1. The van der Waals surface area contributed by atoms with Crippen LogP contribution in [0.25, 0.3) is 11.0 Å². The second kappa shape index (κ2) is 11.2. The number of nitrogens with zero attached hydrogens (tertiary/aromatic N) is 2. The molecule has 1 N–H and O–H groups in total. The van der Waals surface area contributed by atoms with Crippen molar-refractivity contribution in [2.24, 2.45) is 0 Å². The largest absolute Gasteiger partial charge is 0.491 e. The molecule has 0 bridgehead atoms. The van der Waals surface area contributed by atoms with E-state index in [4.69, 9.17) is 21.3 Å². The van der Waals surface area contributed by atoms with E-state index in [-0.39, 0.29) is 5.91 Å². The van der Waals surface area contributed by atoms with Crippen molar-refractivity contribution in [3.05, 3.63) is 94.3 Å². The number of hydrogen-bond acceptors (Lipinski definition) is 3. The van der Waals surface area contributed by atoms with E-state index in [0.717, 1.165) is 46.6 Å². The first-order valence-electron chi connectivity index (χ1n) is 11.6. The molecule has 1 heterocycles. The number of ether oxygens (including phenoxy) is 1. The second-order valence-electron chi connectivity index (χ2n) is 8.54. The molecule has 4 rings (SSSR count). The predicted molar refractivity (Wildman–Crippen MR) is 138 cm³/mol. The molecule has 0 aliphatic rings. The molecule has 0 spiro atoms. The van der Waals surface area contributed by atoms with Gasteiger partial charge in [0.2, 0.25) is 5.91 Å². The van der Waals surface area contributed by atoms with Crippen LogP contribution in [0.4, 0.5) is 0 Å². The van der Waals surface area contributed by atoms with Crippen LogP contribution in [0.5, 0.6) is 5.75 Å². The Bertz CT molecular complexity index is 1260. The van der Waals surface area contributed by atoms with Crippen molar-refractivity contribution in [3.8, 4) is 5.75 Å². The third-order valence-corrected chi connectivity index (χ3v) is 6.08. The molecule has 0 saturated heterocycles. The number of hydrogen-bond donors (Lipinski definition) is 1. The van der Waals surface area contributed by atoms with Gasteiger partial charge in [0.1, 0.15) is 18.2 Å². The molecule has 0 radical (unpaired) electrons. The van der Waals surface area contributed by atoms with Crippen LogP contribution in [0.15, 0.2) is 66.7 Å². The summed E-state index contributed by atoms with van der Waals surface area (Å²) in [6.45, 7) is 6.02. The van der Waals surface area contributed by atoms with Crippen LogP contribution in [-0.4, -0.2) is 28.6 Å². The standard InChI is InChI=1S/C28H30ClN3O2/c1-20-9-10-21(2)26(18-20)34-17-16-32-25-7-4-3-6-24(25)31-27(32)8-5-15-30-28(33)19-22-11-13-23(29)14-12-22/h3-4,6-7,9-14,18H,5,8,15-17,19H2,1-2H3,(H,30,33). The molecule has 3 aromatic carbocycles. The Morgan fingerprint density at radius 1 is 1.06 bits per heavy atom. The predicted octanol–water partition coefficient (Wildman–Crippen LogP) is 5.68. The summed E-state index contributed by atoms with van der Waals surface area (Å²) in [6, 6.07) is 21.8. The van der Waals surface area contributed by atoms with Crippen LogP contribution in [0.2, 0.25) is 5.02 Å². The van der Waals surface area contributed by atoms with Gasteiger partial charge in [0.05, 0.1) is 24.0 Å². The number of fused-ring (bicyclic) bond motifs is 1. The third kappa shape index (κ3) is 6.17. The third-order valence-electron chi connectivity index (χ3n) is 5.83. The van der Waals surface area contributed by atoms with Crippen LogP contribution in [0, 0.1) is 13.8 Å². The Labute approximate surface area is 205 Å². The lowest BCUT2D eigenvalue weighted by Crippen LogP contribution is -2.26. The van der Waals surface area contributed by atoms with E-state index < -0.39 is 0 Å². The smallest absolute Gasteiger partial charge is 0.224 e. The molecule has 0 fully saturated rings. The number of benzene rings is 3. The minimum atomic E-state index is 0.0118. The molecule has 0 aliphatic heterocycles. The van der Waals surface area contributed by atoms with E-state index in [2.05, 4.69) is 48.0 Å². The number of aryl methyl sites for hydroxylation is 3. The van der Waals surface area contributed by atoms with Gasteiger partial charge in [-0.3, -0.25) is 4.79 Å². The Morgan fingerprint density at radius 2 is 1.85 bits per heavy atom. The first kappa shape index (κ1) is 23.8. The summed E-state index contributed by atoms with van der Waals surface area (Å²) < 4.78 is 8.33. The SMILES string of the molecule is Cc1ccc(C)c(OCCn2c(CCCNC(=O)Cc3ccc(Cl)cc3)nc3ccccc32)c1. The maximum absolute atomic E-state index is 12.3. The Hall–Kier alpha value is -3.31. The molecule has 6 heteroatoms. The fourth-order valence-corrected chi connectivity index (χ4v) is 4.13. The van der Waals surface area contributed by atoms with Gasteiger partial charge >= 0.3 is 0 Å². The molecular formula is C28H30ClN3O2. The maximum Gasteiger partial charge on any atom is 0.224 e. The van der Waals surface area contributed by atoms with Gasteiger partial charge in [0.25, 0.3) is 0 Å². The monoisotopic (exact) mass is 475 g/mol. The molecule has 1 aromatic heterocycles. The molecule has 0 unspecified atom stereocenters. The van der Waals surface area contributed by atoms with E-state index >= 15 is 0 Å². The quantitative estimate of drug-likeness (QED) is 0.300. The summed E-state index contributed by atoms with van der Waals surface area (Å²) in [5.41, 5.74) is 5.36. The molecule has 0 atom stereocenters. The lowest BCUT2D eigenvalue weighted by atomic mass is 10.1. The van der Waals surface area contributed by atoms with Gasteiger partial charge in [0, 0.05) is 18.0 Å². The number of halogens is 1. The molecular weight excluding hydrogens is 446 g/mol. The van der Waals surface area contributed by atoms with Gasteiger partial charge in [0.15, 0.2) is 0 Å². The van der Waals surface area contributed by atoms with Crippen molar-refractivity contribution in [3.63, 3.8) is 0 Å². The van der Waals surface area contributed by atoms with Crippen LogP contribution in [0.3, 0.4) is 0 Å². The fourth-order valence-electron chi connectivity index (χ4n) is 4.00. The highest BCUT2D eigenvalue weighted by atomic mass is 35.5. The lowest BCUT2D eigenvalue weighted by molar-refractivity contribution is -0.120. The molecule has 5 nitrogen and oxygen atoms in total. The summed E-state index contributed by atoms with van der Waals surface area (Å²) in [6.07, 6.45) is 1.94. The van der Waals surface area contributed by atoms with E-state index in [9.17, 15) is 4.79 Å². The highest BCUT2D eigenvalue weighted by Gasteiger charge is 2.11. The van der Waals surface area contributed by atoms with E-state index in [0.29, 0.717) is 31.1 Å². The second-order valence-corrected chi connectivity index (χ2v) is 8.98. The molecule has 1 amide bonds. The summed E-state index contributed by atoms with van der Waals surface area (Å²) in [4.78, 5) is 17.1. The average molecular weight is 476 g/mol. The summed E-state index contributed by atoms with van der Waals surface area (Å²) in [5.74, 6) is 1.95. The van der Waals surface area contributed by atoms with Crippen molar-refractivity contribution >= 4 is 28.5 Å². The Kier molecular flexibility index (Phi) is 7.86. The minimum Gasteiger partial charge on any atom is -0.491 e. The molecule has 0 aliphatic carbocycles. The van der Waals surface area contributed by atoms with Crippen molar-refractivity contribution in [1.29, 1.82) is 0 Å². The lowest BCUT2D eigenvalue weighted by Gasteiger charge is -2.13. The van der Waals surface area contributed by atoms with Crippen molar-refractivity contribution in [1.82, 2.24) is 14.9 Å². The fraction of sp³-hybridized carbons (Fsp3) is 0.286. The van der Waals surface area contributed by atoms with Crippen molar-refractivity contribution in [2.45, 2.75) is 39.7 Å². The number of carbonyl (C=O) groups excluding carboxylic acids is 1.